The van der Waals surface area contributed by atoms with E-state index in [2.05, 4.69) is 10.3 Å². The lowest BCUT2D eigenvalue weighted by atomic mass is 10.0. The number of carboxylic acid groups (broad SMARTS) is 1. The molecule has 1 atom stereocenters. The lowest BCUT2D eigenvalue weighted by molar-refractivity contribution is -0.148. The van der Waals surface area contributed by atoms with E-state index in [1.807, 2.05) is 36.4 Å². The van der Waals surface area contributed by atoms with E-state index in [0.717, 1.165) is 10.6 Å². The molecule has 0 aliphatic rings. The number of amides is 1. The number of nitrogens with zero attached hydrogens (tertiary/aromatic N) is 1. The van der Waals surface area contributed by atoms with Crippen LogP contribution in [0.2, 0.25) is 0 Å². The molecule has 0 saturated carbocycles. The quantitative estimate of drug-likeness (QED) is 0.609. The molecule has 0 saturated heterocycles. The number of ether oxygens (including phenoxy) is 1. The molecule has 7 heteroatoms. The molecule has 1 unspecified atom stereocenters. The molecule has 0 fully saturated rings. The standard InChI is InChI=1S/C21H20N2O4S/c1-21(20(25)26,14-27-17-10-6-3-7-11-17)23-18(24)12-16-13-28-19(22-16)15-8-4-2-5-9-15/h2-11,13H,12,14H2,1H3,(H,23,24)(H,25,26). The fraction of sp³-hybridized carbons (Fsp3) is 0.190. The lowest BCUT2D eigenvalue weighted by Crippen LogP contribution is -2.56. The van der Waals surface area contributed by atoms with E-state index < -0.39 is 17.4 Å². The summed E-state index contributed by atoms with van der Waals surface area (Å²) < 4.78 is 5.54. The second kappa shape index (κ2) is 8.67. The molecule has 0 radical (unpaired) electrons. The van der Waals surface area contributed by atoms with Crippen LogP contribution in [0, 0.1) is 0 Å². The van der Waals surface area contributed by atoms with Gasteiger partial charge < -0.3 is 15.2 Å². The number of hydrogen-bond acceptors (Lipinski definition) is 5. The zero-order valence-corrected chi connectivity index (χ0v) is 16.1. The number of hydrogen-bond donors (Lipinski definition) is 2. The molecular weight excluding hydrogens is 376 g/mol. The Kier molecular flexibility index (Phi) is 6.06. The highest BCUT2D eigenvalue weighted by Crippen LogP contribution is 2.23. The average Bonchev–Trinajstić information content (AvgIpc) is 3.16. The molecule has 0 aliphatic carbocycles. The Morgan fingerprint density at radius 2 is 1.75 bits per heavy atom. The van der Waals surface area contributed by atoms with Crippen LogP contribution in [0.1, 0.15) is 12.6 Å². The van der Waals surface area contributed by atoms with Gasteiger partial charge in [0.05, 0.1) is 12.1 Å². The van der Waals surface area contributed by atoms with Gasteiger partial charge in [0.25, 0.3) is 0 Å². The Morgan fingerprint density at radius 3 is 2.39 bits per heavy atom. The van der Waals surface area contributed by atoms with Crippen molar-refractivity contribution in [2.75, 3.05) is 6.61 Å². The highest BCUT2D eigenvalue weighted by molar-refractivity contribution is 7.13. The number of benzene rings is 2. The minimum atomic E-state index is -1.55. The van der Waals surface area contributed by atoms with E-state index >= 15 is 0 Å². The maximum Gasteiger partial charge on any atom is 0.332 e. The molecule has 2 aromatic carbocycles. The zero-order valence-electron chi connectivity index (χ0n) is 15.3. The van der Waals surface area contributed by atoms with E-state index in [-0.39, 0.29) is 13.0 Å². The monoisotopic (exact) mass is 396 g/mol. The summed E-state index contributed by atoms with van der Waals surface area (Å²) in [6.07, 6.45) is -0.00244. The molecule has 0 bridgehead atoms. The minimum absolute atomic E-state index is 0.00244. The van der Waals surface area contributed by atoms with Crippen LogP contribution < -0.4 is 10.1 Å². The zero-order chi connectivity index (χ0) is 20.0. The summed E-state index contributed by atoms with van der Waals surface area (Å²) in [6, 6.07) is 18.5. The lowest BCUT2D eigenvalue weighted by Gasteiger charge is -2.26. The number of carbonyl (C=O) groups is 2. The molecule has 0 aliphatic heterocycles. The van der Waals surface area contributed by atoms with Gasteiger partial charge in [-0.05, 0) is 19.1 Å². The normalized spacial score (nSPS) is 12.8. The summed E-state index contributed by atoms with van der Waals surface area (Å²) in [5, 5.41) is 14.8. The number of nitrogens with one attached hydrogen (secondary N) is 1. The van der Waals surface area contributed by atoms with E-state index in [9.17, 15) is 14.7 Å². The first-order chi connectivity index (χ1) is 13.5. The number of aliphatic carboxylic acids is 1. The van der Waals surface area contributed by atoms with Crippen molar-refractivity contribution in [1.29, 1.82) is 0 Å². The largest absolute Gasteiger partial charge is 0.491 e. The van der Waals surface area contributed by atoms with E-state index in [0.29, 0.717) is 11.4 Å². The van der Waals surface area contributed by atoms with E-state index in [1.54, 1.807) is 29.6 Å². The maximum absolute atomic E-state index is 12.4. The van der Waals surface area contributed by atoms with Crippen molar-refractivity contribution in [1.82, 2.24) is 10.3 Å². The van der Waals surface area contributed by atoms with Crippen molar-refractivity contribution in [3.63, 3.8) is 0 Å². The van der Waals surface area contributed by atoms with E-state index in [1.165, 1.54) is 18.3 Å². The van der Waals surface area contributed by atoms with Gasteiger partial charge in [-0.2, -0.15) is 0 Å². The topological polar surface area (TPSA) is 88.5 Å². The van der Waals surface area contributed by atoms with Crippen molar-refractivity contribution in [3.05, 3.63) is 71.7 Å². The van der Waals surface area contributed by atoms with Crippen molar-refractivity contribution in [2.45, 2.75) is 18.9 Å². The second-order valence-electron chi connectivity index (χ2n) is 6.47. The molecule has 2 N–H and O–H groups in total. The van der Waals surface area contributed by atoms with Crippen LogP contribution in [0.3, 0.4) is 0 Å². The third-order valence-electron chi connectivity index (χ3n) is 4.07. The Labute approximate surface area is 166 Å². The van der Waals surface area contributed by atoms with Crippen LogP contribution in [0.5, 0.6) is 5.75 Å². The van der Waals surface area contributed by atoms with Crippen molar-refractivity contribution in [2.24, 2.45) is 0 Å². The molecule has 28 heavy (non-hydrogen) atoms. The molecule has 144 valence electrons. The summed E-state index contributed by atoms with van der Waals surface area (Å²) in [6.45, 7) is 1.23. The Hall–Kier alpha value is -3.19. The molecule has 6 nitrogen and oxygen atoms in total. The predicted molar refractivity (Wildman–Crippen MR) is 107 cm³/mol. The van der Waals surface area contributed by atoms with Crippen molar-refractivity contribution >= 4 is 23.2 Å². The van der Waals surface area contributed by atoms with Gasteiger partial charge in [-0.1, -0.05) is 48.5 Å². The highest BCUT2D eigenvalue weighted by Gasteiger charge is 2.36. The molecule has 1 heterocycles. The first-order valence-corrected chi connectivity index (χ1v) is 9.56. The molecular formula is C21H20N2O4S. The summed E-state index contributed by atoms with van der Waals surface area (Å²) >= 11 is 1.44. The SMILES string of the molecule is CC(COc1ccccc1)(NC(=O)Cc1csc(-c2ccccc2)n1)C(=O)O. The van der Waals surface area contributed by atoms with Gasteiger partial charge in [0, 0.05) is 10.9 Å². The number of thiazole rings is 1. The fourth-order valence-corrected chi connectivity index (χ4v) is 3.34. The number of carboxylic acids is 1. The Balaban J connectivity index is 1.63. The van der Waals surface area contributed by atoms with Crippen LogP contribution in [0.4, 0.5) is 0 Å². The van der Waals surface area contributed by atoms with Gasteiger partial charge >= 0.3 is 5.97 Å². The minimum Gasteiger partial charge on any atom is -0.491 e. The number of aromatic nitrogens is 1. The van der Waals surface area contributed by atoms with Gasteiger partial charge in [-0.25, -0.2) is 9.78 Å². The van der Waals surface area contributed by atoms with Gasteiger partial charge in [-0.3, -0.25) is 4.79 Å². The number of rotatable bonds is 8. The number of carbonyl (C=O) groups excluding carboxylic acids is 1. The van der Waals surface area contributed by atoms with Crippen LogP contribution in [0.15, 0.2) is 66.0 Å². The first-order valence-electron chi connectivity index (χ1n) is 8.68. The van der Waals surface area contributed by atoms with Gasteiger partial charge in [0.2, 0.25) is 5.91 Å². The second-order valence-corrected chi connectivity index (χ2v) is 7.33. The van der Waals surface area contributed by atoms with E-state index in [4.69, 9.17) is 4.74 Å². The van der Waals surface area contributed by atoms with Crippen LogP contribution in [0.25, 0.3) is 10.6 Å². The molecule has 1 amide bonds. The molecule has 1 aromatic heterocycles. The van der Waals surface area contributed by atoms with Crippen LogP contribution >= 0.6 is 11.3 Å². The smallest absolute Gasteiger partial charge is 0.332 e. The average molecular weight is 396 g/mol. The maximum atomic E-state index is 12.4. The highest BCUT2D eigenvalue weighted by atomic mass is 32.1. The van der Waals surface area contributed by atoms with Crippen LogP contribution in [-0.2, 0) is 16.0 Å². The van der Waals surface area contributed by atoms with Crippen molar-refractivity contribution in [3.8, 4) is 16.3 Å². The van der Waals surface area contributed by atoms with Crippen LogP contribution in [-0.4, -0.2) is 34.1 Å². The van der Waals surface area contributed by atoms with Gasteiger partial charge in [0.1, 0.15) is 17.4 Å². The summed E-state index contributed by atoms with van der Waals surface area (Å²) in [7, 11) is 0. The Bertz CT molecular complexity index is 943. The Morgan fingerprint density at radius 1 is 1.11 bits per heavy atom. The summed E-state index contributed by atoms with van der Waals surface area (Å²) in [4.78, 5) is 28.6. The fourth-order valence-electron chi connectivity index (χ4n) is 2.51. The third-order valence-corrected chi connectivity index (χ3v) is 5.01. The third kappa shape index (κ3) is 4.95. The molecule has 3 rings (SSSR count). The van der Waals surface area contributed by atoms with Gasteiger partial charge in [-0.15, -0.1) is 11.3 Å². The van der Waals surface area contributed by atoms with Crippen molar-refractivity contribution < 1.29 is 19.4 Å². The van der Waals surface area contributed by atoms with Gasteiger partial charge in [0.15, 0.2) is 5.54 Å². The molecule has 3 aromatic rings. The number of para-hydroxylation sites is 1. The first kappa shape index (κ1) is 19.6. The summed E-state index contributed by atoms with van der Waals surface area (Å²) in [5.74, 6) is -1.05. The molecule has 0 spiro atoms. The summed E-state index contributed by atoms with van der Waals surface area (Å²) in [5.41, 5.74) is 0.0226. The predicted octanol–water partition coefficient (Wildman–Crippen LogP) is 3.39.